The van der Waals surface area contributed by atoms with Crippen LogP contribution < -0.4 is 0 Å². The minimum absolute atomic E-state index is 0.0313. The molecular formula is C68H44N6. The van der Waals surface area contributed by atoms with E-state index in [1.807, 2.05) is 48.5 Å². The number of nitrogens with zero attached hydrogens (tertiary/aromatic N) is 6. The van der Waals surface area contributed by atoms with Gasteiger partial charge in [-0.1, -0.05) is 237 Å². The summed E-state index contributed by atoms with van der Waals surface area (Å²) < 4.78 is 0. The van der Waals surface area contributed by atoms with E-state index in [9.17, 15) is 0 Å². The van der Waals surface area contributed by atoms with Crippen molar-refractivity contribution in [2.75, 3.05) is 0 Å². The molecule has 6 heteroatoms. The van der Waals surface area contributed by atoms with E-state index in [1.165, 1.54) is 44.5 Å². The van der Waals surface area contributed by atoms with Crippen molar-refractivity contribution < 1.29 is 0 Å². The fraction of sp³-hybridized carbons (Fsp3) is 0.0294. The van der Waals surface area contributed by atoms with Gasteiger partial charge in [-0.3, -0.25) is 0 Å². The summed E-state index contributed by atoms with van der Waals surface area (Å²) in [5, 5.41) is 0. The van der Waals surface area contributed by atoms with Crippen molar-refractivity contribution >= 4 is 0 Å². The number of benzene rings is 10. The lowest BCUT2D eigenvalue weighted by Crippen LogP contribution is -2.27. The molecule has 0 amide bonds. The maximum Gasteiger partial charge on any atom is 0.164 e. The Kier molecular flexibility index (Phi) is 10.5. The number of hydrogen-bond acceptors (Lipinski definition) is 6. The first kappa shape index (κ1) is 43.0. The van der Waals surface area contributed by atoms with E-state index in [0.29, 0.717) is 34.9 Å². The van der Waals surface area contributed by atoms with Crippen molar-refractivity contribution in [1.29, 1.82) is 0 Å². The molecule has 12 aromatic rings. The third-order valence-corrected chi connectivity index (χ3v) is 14.6. The zero-order valence-electron chi connectivity index (χ0n) is 40.1. The molecule has 0 saturated carbocycles. The lowest BCUT2D eigenvalue weighted by Gasteiger charge is -2.42. The van der Waals surface area contributed by atoms with E-state index in [4.69, 9.17) is 29.9 Å². The van der Waals surface area contributed by atoms with Crippen molar-refractivity contribution in [2.45, 2.75) is 11.8 Å². The van der Waals surface area contributed by atoms with Crippen LogP contribution >= 0.6 is 0 Å². The Labute approximate surface area is 429 Å². The second-order valence-electron chi connectivity index (χ2n) is 19.0. The summed E-state index contributed by atoms with van der Waals surface area (Å²) in [6.07, 6.45) is 0. The van der Waals surface area contributed by atoms with Gasteiger partial charge in [0.15, 0.2) is 34.9 Å². The Hall–Kier alpha value is -9.78. The topological polar surface area (TPSA) is 77.3 Å². The van der Waals surface area contributed by atoms with Gasteiger partial charge in [0.25, 0.3) is 0 Å². The first-order chi connectivity index (χ1) is 36.6. The Morgan fingerprint density at radius 3 is 0.703 bits per heavy atom. The molecule has 6 nitrogen and oxygen atoms in total. The van der Waals surface area contributed by atoms with Gasteiger partial charge in [-0.2, -0.15) is 0 Å². The first-order valence-corrected chi connectivity index (χ1v) is 25.1. The van der Waals surface area contributed by atoms with Crippen molar-refractivity contribution in [2.24, 2.45) is 0 Å². The van der Waals surface area contributed by atoms with Crippen molar-refractivity contribution in [3.8, 4) is 102 Å². The molecule has 0 saturated heterocycles. The van der Waals surface area contributed by atoms with Crippen LogP contribution in [0.2, 0.25) is 0 Å². The van der Waals surface area contributed by atoms with E-state index in [1.54, 1.807) is 0 Å². The second-order valence-corrected chi connectivity index (χ2v) is 19.0. The smallest absolute Gasteiger partial charge is 0.164 e. The normalized spacial score (nSPS) is 13.9. The van der Waals surface area contributed by atoms with Crippen LogP contribution in [0, 0.1) is 0 Å². The number of hydrogen-bond donors (Lipinski definition) is 0. The molecular weight excluding hydrogens is 901 g/mol. The van der Waals surface area contributed by atoms with Crippen LogP contribution in [-0.4, -0.2) is 29.9 Å². The highest BCUT2D eigenvalue weighted by molar-refractivity contribution is 5.79. The summed E-state index contributed by atoms with van der Waals surface area (Å²) in [4.78, 5) is 31.0. The molecule has 3 aliphatic rings. The molecule has 10 aromatic carbocycles. The zero-order chi connectivity index (χ0) is 49.0. The number of aromatic nitrogens is 6. The highest BCUT2D eigenvalue weighted by Crippen LogP contribution is 2.57. The van der Waals surface area contributed by atoms with Crippen molar-refractivity contribution in [3.05, 3.63) is 288 Å². The fourth-order valence-corrected chi connectivity index (χ4v) is 10.9. The molecule has 0 fully saturated rings. The number of rotatable bonds is 9. The highest BCUT2D eigenvalue weighted by atomic mass is 15.0. The lowest BCUT2D eigenvalue weighted by atomic mass is 9.60. The SMILES string of the molecule is c1ccc(-c2ccc(-c3nc(-c4ccccc4)nc(-c4ccc5c(c4)C4c6ccc(-c7ccccc7)cc6C5c5cc(-c6nc(-c7ccccc7)nc(-c7ccc(-c8ccccc8)cc7)n6)ccc54)n3)cc2)cc1. The van der Waals surface area contributed by atoms with E-state index < -0.39 is 0 Å². The third kappa shape index (κ3) is 7.77. The average Bonchev–Trinajstić information content (AvgIpc) is 3.51. The first-order valence-electron chi connectivity index (χ1n) is 25.1. The Morgan fingerprint density at radius 1 is 0.162 bits per heavy atom. The van der Waals surface area contributed by atoms with Gasteiger partial charge in [0.05, 0.1) is 0 Å². The molecule has 2 atom stereocenters. The Balaban J connectivity index is 0.894. The molecule has 2 bridgehead atoms. The standard InChI is InChI=1S/C68H44N6/c1-6-16-43(17-7-1)46-26-30-50(31-27-46)65-69-63(48-22-12-4-13-23-48)71-67(73-65)53-36-39-57-59(41-53)61-55-37-34-52(45-20-10-3-11-21-45)40-58(55)62(57)60-42-54(35-38-56(60)61)68-72-64(49-24-14-5-15-25-49)70-66(74-68)51-32-28-47(29-33-51)44-18-8-2-9-19-44/h1-42,61-62H. The summed E-state index contributed by atoms with van der Waals surface area (Å²) in [6.45, 7) is 0. The van der Waals surface area contributed by atoms with Crippen LogP contribution in [0.3, 0.4) is 0 Å². The zero-order valence-corrected chi connectivity index (χ0v) is 40.1. The van der Waals surface area contributed by atoms with E-state index in [-0.39, 0.29) is 11.8 Å². The van der Waals surface area contributed by atoms with Gasteiger partial charge in [-0.15, -0.1) is 0 Å². The summed E-state index contributed by atoms with van der Waals surface area (Å²) in [5.41, 5.74) is 20.3. The Bertz CT molecular complexity index is 4040. The fourth-order valence-electron chi connectivity index (χ4n) is 10.9. The van der Waals surface area contributed by atoms with Crippen LogP contribution in [0.5, 0.6) is 0 Å². The van der Waals surface area contributed by atoms with Crippen LogP contribution in [0.15, 0.2) is 255 Å². The summed E-state index contributed by atoms with van der Waals surface area (Å²) in [6, 6.07) is 89.6. The maximum atomic E-state index is 5.24. The molecule has 2 heterocycles. The molecule has 15 rings (SSSR count). The van der Waals surface area contributed by atoms with Gasteiger partial charge in [-0.05, 0) is 85.0 Å². The van der Waals surface area contributed by atoms with E-state index >= 15 is 0 Å². The van der Waals surface area contributed by atoms with Crippen LogP contribution in [0.1, 0.15) is 45.2 Å². The molecule has 0 radical (unpaired) electrons. The lowest BCUT2D eigenvalue weighted by molar-refractivity contribution is 0.755. The van der Waals surface area contributed by atoms with Crippen LogP contribution in [-0.2, 0) is 0 Å². The van der Waals surface area contributed by atoms with E-state index in [0.717, 1.165) is 55.6 Å². The minimum Gasteiger partial charge on any atom is -0.208 e. The van der Waals surface area contributed by atoms with Crippen molar-refractivity contribution in [1.82, 2.24) is 29.9 Å². The predicted molar refractivity (Wildman–Crippen MR) is 297 cm³/mol. The van der Waals surface area contributed by atoms with Gasteiger partial charge in [0.2, 0.25) is 0 Å². The average molecular weight is 945 g/mol. The largest absolute Gasteiger partial charge is 0.208 e. The highest BCUT2D eigenvalue weighted by Gasteiger charge is 2.42. The minimum atomic E-state index is -0.0463. The monoisotopic (exact) mass is 944 g/mol. The summed E-state index contributed by atoms with van der Waals surface area (Å²) in [5.74, 6) is 3.72. The molecule has 2 unspecified atom stereocenters. The quantitative estimate of drug-likeness (QED) is 0.143. The van der Waals surface area contributed by atoms with Crippen molar-refractivity contribution in [3.63, 3.8) is 0 Å². The predicted octanol–water partition coefficient (Wildman–Crippen LogP) is 16.0. The molecule has 74 heavy (non-hydrogen) atoms. The molecule has 0 spiro atoms. The maximum absolute atomic E-state index is 5.24. The van der Waals surface area contributed by atoms with Gasteiger partial charge in [-0.25, -0.2) is 29.9 Å². The molecule has 2 aromatic heterocycles. The van der Waals surface area contributed by atoms with Gasteiger partial charge >= 0.3 is 0 Å². The third-order valence-electron chi connectivity index (χ3n) is 14.6. The van der Waals surface area contributed by atoms with Crippen LogP contribution in [0.25, 0.3) is 102 Å². The van der Waals surface area contributed by atoms with Crippen LogP contribution in [0.4, 0.5) is 0 Å². The summed E-state index contributed by atoms with van der Waals surface area (Å²) >= 11 is 0. The van der Waals surface area contributed by atoms with Gasteiger partial charge < -0.3 is 0 Å². The second kappa shape index (κ2) is 18.1. The molecule has 0 N–H and O–H groups in total. The molecule has 346 valence electrons. The molecule has 0 aliphatic heterocycles. The Morgan fingerprint density at radius 2 is 0.365 bits per heavy atom. The van der Waals surface area contributed by atoms with Gasteiger partial charge in [0.1, 0.15) is 0 Å². The molecule has 3 aliphatic carbocycles. The van der Waals surface area contributed by atoms with Gasteiger partial charge in [0, 0.05) is 45.2 Å². The van der Waals surface area contributed by atoms with E-state index in [2.05, 4.69) is 206 Å². The summed E-state index contributed by atoms with van der Waals surface area (Å²) in [7, 11) is 0.